The molecule has 3 rings (SSSR count). The van der Waals surface area contributed by atoms with Gasteiger partial charge in [0.15, 0.2) is 0 Å². The van der Waals surface area contributed by atoms with Crippen LogP contribution >= 0.6 is 0 Å². The van der Waals surface area contributed by atoms with Crippen LogP contribution in [0.3, 0.4) is 0 Å². The van der Waals surface area contributed by atoms with Gasteiger partial charge in [-0.3, -0.25) is 0 Å². The number of nitrogens with one attached hydrogen (secondary N) is 1. The smallest absolute Gasteiger partial charge is 0.0104 e. The highest BCUT2D eigenvalue weighted by Crippen LogP contribution is 2.48. The maximum absolute atomic E-state index is 3.55. The zero-order valence-electron chi connectivity index (χ0n) is 12.9. The molecule has 19 heavy (non-hydrogen) atoms. The van der Waals surface area contributed by atoms with Gasteiger partial charge in [0.1, 0.15) is 0 Å². The summed E-state index contributed by atoms with van der Waals surface area (Å²) in [5.74, 6) is 4.10. The van der Waals surface area contributed by atoms with E-state index in [2.05, 4.69) is 24.3 Å². The quantitative estimate of drug-likeness (QED) is 0.821. The highest BCUT2D eigenvalue weighted by molar-refractivity contribution is 4.91. The average molecular weight is 264 g/mol. The summed E-state index contributed by atoms with van der Waals surface area (Å²) in [5, 5.41) is 3.55. The van der Waals surface area contributed by atoms with E-state index in [0.717, 1.165) is 29.7 Å². The third-order valence-electron chi connectivity index (χ3n) is 6.26. The van der Waals surface area contributed by atoms with Gasteiger partial charge in [0.05, 0.1) is 0 Å². The van der Waals surface area contributed by atoms with Gasteiger partial charge in [-0.15, -0.1) is 0 Å². The molecule has 110 valence electrons. The lowest BCUT2D eigenvalue weighted by molar-refractivity contribution is 0.160. The highest BCUT2D eigenvalue weighted by Gasteiger charge is 2.39. The molecule has 0 saturated heterocycles. The van der Waals surface area contributed by atoms with Crippen LogP contribution in [-0.2, 0) is 0 Å². The van der Waals surface area contributed by atoms with Gasteiger partial charge < -0.3 is 10.2 Å². The molecular formula is C17H32N2. The van der Waals surface area contributed by atoms with Crippen molar-refractivity contribution in [3.63, 3.8) is 0 Å². The molecule has 0 radical (unpaired) electrons. The third kappa shape index (κ3) is 3.16. The summed E-state index contributed by atoms with van der Waals surface area (Å²) in [6.07, 6.45) is 11.9. The molecule has 3 fully saturated rings. The first-order valence-electron chi connectivity index (χ1n) is 8.62. The largest absolute Gasteiger partial charge is 0.317 e. The Balaban J connectivity index is 1.46. The normalized spacial score (nSPS) is 42.2. The van der Waals surface area contributed by atoms with E-state index in [1.54, 1.807) is 6.42 Å². The Bertz CT molecular complexity index is 291. The minimum absolute atomic E-state index is 0.774. The fourth-order valence-corrected chi connectivity index (χ4v) is 5.28. The van der Waals surface area contributed by atoms with Gasteiger partial charge in [0, 0.05) is 19.1 Å². The Morgan fingerprint density at radius 3 is 2.42 bits per heavy atom. The van der Waals surface area contributed by atoms with Gasteiger partial charge in [-0.2, -0.15) is 0 Å². The molecule has 1 N–H and O–H groups in total. The monoisotopic (exact) mass is 264 g/mol. The molecule has 2 bridgehead atoms. The maximum atomic E-state index is 3.55. The molecule has 0 aromatic rings. The van der Waals surface area contributed by atoms with Crippen LogP contribution in [-0.4, -0.2) is 38.1 Å². The van der Waals surface area contributed by atoms with Crippen molar-refractivity contribution in [1.29, 1.82) is 0 Å². The fraction of sp³-hybridized carbons (Fsp3) is 1.00. The van der Waals surface area contributed by atoms with Gasteiger partial charge in [-0.1, -0.05) is 19.3 Å². The first-order valence-corrected chi connectivity index (χ1v) is 8.62. The minimum atomic E-state index is 0.774. The van der Waals surface area contributed by atoms with E-state index in [0.29, 0.717) is 0 Å². The topological polar surface area (TPSA) is 15.3 Å². The van der Waals surface area contributed by atoms with Crippen LogP contribution < -0.4 is 5.32 Å². The van der Waals surface area contributed by atoms with Crippen molar-refractivity contribution in [2.45, 2.75) is 57.4 Å². The molecule has 0 amide bonds. The SMILES string of the molecule is CNC1CCCCC1CN(C)CC1CC2CCC1C2. The number of nitrogens with zero attached hydrogens (tertiary/aromatic N) is 1. The zero-order chi connectivity index (χ0) is 13.2. The van der Waals surface area contributed by atoms with Crippen molar-refractivity contribution in [1.82, 2.24) is 10.2 Å². The number of fused-ring (bicyclic) bond motifs is 2. The predicted octanol–water partition coefficient (Wildman–Crippen LogP) is 3.13. The van der Waals surface area contributed by atoms with Crippen LogP contribution in [0.2, 0.25) is 0 Å². The van der Waals surface area contributed by atoms with E-state index in [1.807, 2.05) is 0 Å². The zero-order valence-corrected chi connectivity index (χ0v) is 12.9. The van der Waals surface area contributed by atoms with E-state index in [-0.39, 0.29) is 0 Å². The summed E-state index contributed by atoms with van der Waals surface area (Å²) in [6, 6.07) is 0.774. The van der Waals surface area contributed by atoms with Gasteiger partial charge in [-0.05, 0) is 69.9 Å². The van der Waals surface area contributed by atoms with E-state index in [4.69, 9.17) is 0 Å². The van der Waals surface area contributed by atoms with E-state index < -0.39 is 0 Å². The first kappa shape index (κ1) is 13.9. The molecule has 2 nitrogen and oxygen atoms in total. The molecular weight excluding hydrogens is 232 g/mol. The van der Waals surface area contributed by atoms with Gasteiger partial charge in [0.25, 0.3) is 0 Å². The van der Waals surface area contributed by atoms with Crippen molar-refractivity contribution >= 4 is 0 Å². The van der Waals surface area contributed by atoms with E-state index in [9.17, 15) is 0 Å². The van der Waals surface area contributed by atoms with Crippen LogP contribution in [0.4, 0.5) is 0 Å². The molecule has 3 aliphatic carbocycles. The van der Waals surface area contributed by atoms with Crippen molar-refractivity contribution in [2.24, 2.45) is 23.7 Å². The third-order valence-corrected chi connectivity index (χ3v) is 6.26. The summed E-state index contributed by atoms with van der Waals surface area (Å²) in [7, 11) is 4.52. The summed E-state index contributed by atoms with van der Waals surface area (Å²) in [4.78, 5) is 2.66. The minimum Gasteiger partial charge on any atom is -0.317 e. The van der Waals surface area contributed by atoms with Crippen LogP contribution in [0.15, 0.2) is 0 Å². The number of rotatable bonds is 5. The standard InChI is InChI=1S/C17H32N2/c1-18-17-6-4-3-5-15(17)11-19(2)12-16-10-13-7-8-14(16)9-13/h13-18H,3-12H2,1-2H3. The molecule has 5 unspecified atom stereocenters. The Hall–Kier alpha value is -0.0800. The molecule has 5 atom stereocenters. The van der Waals surface area contributed by atoms with Crippen LogP contribution in [0.5, 0.6) is 0 Å². The molecule has 0 aliphatic heterocycles. The Morgan fingerprint density at radius 1 is 0.947 bits per heavy atom. The van der Waals surface area contributed by atoms with Crippen molar-refractivity contribution < 1.29 is 0 Å². The number of hydrogen-bond donors (Lipinski definition) is 1. The van der Waals surface area contributed by atoms with Crippen LogP contribution in [0.1, 0.15) is 51.4 Å². The second kappa shape index (κ2) is 6.13. The molecule has 0 aromatic heterocycles. The second-order valence-corrected chi connectivity index (χ2v) is 7.60. The second-order valence-electron chi connectivity index (χ2n) is 7.60. The highest BCUT2D eigenvalue weighted by atomic mass is 15.1. The van der Waals surface area contributed by atoms with Crippen molar-refractivity contribution in [3.05, 3.63) is 0 Å². The Morgan fingerprint density at radius 2 is 1.74 bits per heavy atom. The van der Waals surface area contributed by atoms with Gasteiger partial charge in [-0.25, -0.2) is 0 Å². The van der Waals surface area contributed by atoms with E-state index in [1.165, 1.54) is 58.0 Å². The Labute approximate surface area is 119 Å². The summed E-state index contributed by atoms with van der Waals surface area (Å²) < 4.78 is 0. The molecule has 0 aromatic carbocycles. The lowest BCUT2D eigenvalue weighted by Crippen LogP contribution is -2.43. The van der Waals surface area contributed by atoms with E-state index >= 15 is 0 Å². The lowest BCUT2D eigenvalue weighted by Gasteiger charge is -2.35. The molecule has 2 heteroatoms. The summed E-state index contributed by atoms with van der Waals surface area (Å²) in [5.41, 5.74) is 0. The van der Waals surface area contributed by atoms with Crippen LogP contribution in [0, 0.1) is 23.7 Å². The molecule has 3 saturated carbocycles. The Kier molecular flexibility index (Phi) is 4.48. The summed E-state index contributed by atoms with van der Waals surface area (Å²) >= 11 is 0. The number of hydrogen-bond acceptors (Lipinski definition) is 2. The maximum Gasteiger partial charge on any atom is 0.0104 e. The molecule has 0 spiro atoms. The van der Waals surface area contributed by atoms with Crippen molar-refractivity contribution in [2.75, 3.05) is 27.2 Å². The van der Waals surface area contributed by atoms with Gasteiger partial charge in [0.2, 0.25) is 0 Å². The first-order chi connectivity index (χ1) is 9.26. The molecule has 0 heterocycles. The van der Waals surface area contributed by atoms with Gasteiger partial charge >= 0.3 is 0 Å². The average Bonchev–Trinajstić information content (AvgIpc) is 3.01. The van der Waals surface area contributed by atoms with Crippen molar-refractivity contribution in [3.8, 4) is 0 Å². The fourth-order valence-electron chi connectivity index (χ4n) is 5.28. The summed E-state index contributed by atoms with van der Waals surface area (Å²) in [6.45, 7) is 2.69. The van der Waals surface area contributed by atoms with Crippen LogP contribution in [0.25, 0.3) is 0 Å². The lowest BCUT2D eigenvalue weighted by atomic mass is 9.83. The predicted molar refractivity (Wildman–Crippen MR) is 81.2 cm³/mol. The molecule has 3 aliphatic rings.